The first-order valence-electron chi connectivity index (χ1n) is 9.22. The molecule has 0 radical (unpaired) electrons. The van der Waals surface area contributed by atoms with Crippen molar-refractivity contribution in [2.75, 3.05) is 13.2 Å². The van der Waals surface area contributed by atoms with E-state index >= 15 is 0 Å². The van der Waals surface area contributed by atoms with Crippen molar-refractivity contribution in [1.82, 2.24) is 0 Å². The van der Waals surface area contributed by atoms with Gasteiger partial charge in [0.25, 0.3) is 0 Å². The number of carboxylic acids is 1. The second kappa shape index (κ2) is 9.42. The predicted octanol–water partition coefficient (Wildman–Crippen LogP) is 5.23. The summed E-state index contributed by atoms with van der Waals surface area (Å²) >= 11 is 1.46. The van der Waals surface area contributed by atoms with Crippen LogP contribution in [-0.4, -0.2) is 24.3 Å². The lowest BCUT2D eigenvalue weighted by Gasteiger charge is -2.16. The van der Waals surface area contributed by atoms with Crippen LogP contribution < -0.4 is 9.47 Å². The van der Waals surface area contributed by atoms with E-state index in [0.717, 1.165) is 21.8 Å². The molecular weight excluding hydrogens is 372 g/mol. The number of thiophene rings is 1. The van der Waals surface area contributed by atoms with Gasteiger partial charge in [-0.2, -0.15) is 0 Å². The van der Waals surface area contributed by atoms with Crippen LogP contribution in [0.4, 0.5) is 0 Å². The average molecular weight is 397 g/mol. The molecule has 0 fully saturated rings. The summed E-state index contributed by atoms with van der Waals surface area (Å²) in [6, 6.07) is 17.3. The van der Waals surface area contributed by atoms with Gasteiger partial charge in [0.15, 0.2) is 0 Å². The molecule has 1 atom stereocenters. The van der Waals surface area contributed by atoms with Crippen LogP contribution >= 0.6 is 11.3 Å². The van der Waals surface area contributed by atoms with E-state index in [-0.39, 0.29) is 0 Å². The fraction of sp³-hybridized carbons (Fsp3) is 0.261. The van der Waals surface area contributed by atoms with Crippen LogP contribution in [0.2, 0.25) is 0 Å². The highest BCUT2D eigenvalue weighted by Gasteiger charge is 2.22. The topological polar surface area (TPSA) is 55.8 Å². The highest BCUT2D eigenvalue weighted by molar-refractivity contribution is 7.10. The van der Waals surface area contributed by atoms with Crippen molar-refractivity contribution in [2.45, 2.75) is 26.2 Å². The van der Waals surface area contributed by atoms with Crippen molar-refractivity contribution in [2.24, 2.45) is 0 Å². The Labute approximate surface area is 169 Å². The van der Waals surface area contributed by atoms with E-state index in [4.69, 9.17) is 9.47 Å². The number of hydrogen-bond acceptors (Lipinski definition) is 4. The van der Waals surface area contributed by atoms with Crippen molar-refractivity contribution >= 4 is 17.3 Å². The number of aryl methyl sites for hydroxylation is 1. The summed E-state index contributed by atoms with van der Waals surface area (Å²) in [6.07, 6.45) is 0.393. The molecule has 0 aliphatic carbocycles. The summed E-state index contributed by atoms with van der Waals surface area (Å²) in [6.45, 7) is 4.91. The highest BCUT2D eigenvalue weighted by atomic mass is 32.1. The zero-order valence-electron chi connectivity index (χ0n) is 16.1. The van der Waals surface area contributed by atoms with Crippen molar-refractivity contribution in [1.29, 1.82) is 0 Å². The van der Waals surface area contributed by atoms with Gasteiger partial charge in [-0.3, -0.25) is 4.79 Å². The van der Waals surface area contributed by atoms with Gasteiger partial charge in [-0.05, 0) is 60.5 Å². The Kier molecular flexibility index (Phi) is 6.71. The molecule has 1 heterocycles. The second-order valence-corrected chi connectivity index (χ2v) is 7.59. The van der Waals surface area contributed by atoms with Gasteiger partial charge in [0, 0.05) is 4.88 Å². The van der Waals surface area contributed by atoms with E-state index in [2.05, 4.69) is 13.0 Å². The fourth-order valence-electron chi connectivity index (χ4n) is 3.02. The van der Waals surface area contributed by atoms with Gasteiger partial charge in [-0.25, -0.2) is 0 Å². The summed E-state index contributed by atoms with van der Waals surface area (Å²) in [5, 5.41) is 11.5. The SMILES string of the molecule is Cc1cccc(OCCOc2ccccc2CC(C(=O)O)c2cccs2)c1C. The van der Waals surface area contributed by atoms with Crippen LogP contribution in [0.3, 0.4) is 0 Å². The summed E-state index contributed by atoms with van der Waals surface area (Å²) in [5.74, 6) is 0.168. The zero-order valence-corrected chi connectivity index (χ0v) is 16.9. The third-order valence-corrected chi connectivity index (χ3v) is 5.72. The number of carbonyl (C=O) groups is 1. The summed E-state index contributed by atoms with van der Waals surface area (Å²) in [4.78, 5) is 12.6. The van der Waals surface area contributed by atoms with Gasteiger partial charge in [-0.1, -0.05) is 36.4 Å². The van der Waals surface area contributed by atoms with Crippen LogP contribution in [0.25, 0.3) is 0 Å². The number of benzene rings is 2. The molecule has 5 heteroatoms. The average Bonchev–Trinajstić information content (AvgIpc) is 3.21. The zero-order chi connectivity index (χ0) is 19.9. The number of rotatable bonds is 9. The van der Waals surface area contributed by atoms with E-state index < -0.39 is 11.9 Å². The summed E-state index contributed by atoms with van der Waals surface area (Å²) < 4.78 is 11.8. The molecule has 3 aromatic rings. The minimum absolute atomic E-state index is 0.390. The first kappa shape index (κ1) is 20.0. The molecule has 0 saturated heterocycles. The maximum atomic E-state index is 11.7. The van der Waals surface area contributed by atoms with Gasteiger partial charge in [0.1, 0.15) is 24.7 Å². The Hall–Kier alpha value is -2.79. The molecule has 28 heavy (non-hydrogen) atoms. The molecule has 0 spiro atoms. The lowest BCUT2D eigenvalue weighted by molar-refractivity contribution is -0.138. The molecule has 4 nitrogen and oxygen atoms in total. The van der Waals surface area contributed by atoms with E-state index in [0.29, 0.717) is 25.4 Å². The van der Waals surface area contributed by atoms with Crippen LogP contribution in [0.15, 0.2) is 60.0 Å². The number of ether oxygens (including phenoxy) is 2. The standard InChI is InChI=1S/C23H24O4S/c1-16-7-5-10-20(17(16)2)26-12-13-27-21-9-4-3-8-18(21)15-19(23(24)25)22-11-6-14-28-22/h3-11,14,19H,12-13,15H2,1-2H3,(H,24,25). The van der Waals surface area contributed by atoms with E-state index in [1.165, 1.54) is 16.9 Å². The summed E-state index contributed by atoms with van der Waals surface area (Å²) in [5.41, 5.74) is 3.20. The van der Waals surface area contributed by atoms with E-state index in [9.17, 15) is 9.90 Å². The molecule has 146 valence electrons. The van der Waals surface area contributed by atoms with E-state index in [1.807, 2.05) is 60.8 Å². The Morgan fingerprint density at radius 3 is 2.39 bits per heavy atom. The van der Waals surface area contributed by atoms with Gasteiger partial charge in [-0.15, -0.1) is 11.3 Å². The molecule has 0 bridgehead atoms. The van der Waals surface area contributed by atoms with Crippen molar-refractivity contribution in [3.63, 3.8) is 0 Å². The summed E-state index contributed by atoms with van der Waals surface area (Å²) in [7, 11) is 0. The maximum Gasteiger partial charge on any atom is 0.312 e. The molecule has 1 aromatic heterocycles. The molecular formula is C23H24O4S. The lowest BCUT2D eigenvalue weighted by atomic mass is 9.97. The predicted molar refractivity (Wildman–Crippen MR) is 112 cm³/mol. The van der Waals surface area contributed by atoms with Gasteiger partial charge in [0.2, 0.25) is 0 Å². The lowest BCUT2D eigenvalue weighted by Crippen LogP contribution is -2.15. The molecule has 1 unspecified atom stereocenters. The maximum absolute atomic E-state index is 11.7. The van der Waals surface area contributed by atoms with E-state index in [1.54, 1.807) is 0 Å². The van der Waals surface area contributed by atoms with Crippen LogP contribution in [-0.2, 0) is 11.2 Å². The first-order valence-corrected chi connectivity index (χ1v) is 10.1. The highest BCUT2D eigenvalue weighted by Crippen LogP contribution is 2.29. The van der Waals surface area contributed by atoms with Crippen molar-refractivity contribution < 1.29 is 19.4 Å². The normalized spacial score (nSPS) is 11.8. The Balaban J connectivity index is 1.62. The molecule has 1 N–H and O–H groups in total. The largest absolute Gasteiger partial charge is 0.490 e. The van der Waals surface area contributed by atoms with Gasteiger partial charge < -0.3 is 14.6 Å². The van der Waals surface area contributed by atoms with Gasteiger partial charge >= 0.3 is 5.97 Å². The molecule has 0 saturated carbocycles. The fourth-order valence-corrected chi connectivity index (χ4v) is 3.84. The smallest absolute Gasteiger partial charge is 0.312 e. The number of carboxylic acid groups (broad SMARTS) is 1. The number of hydrogen-bond donors (Lipinski definition) is 1. The molecule has 3 rings (SSSR count). The molecule has 0 aliphatic rings. The van der Waals surface area contributed by atoms with Crippen LogP contribution in [0.5, 0.6) is 11.5 Å². The third kappa shape index (κ3) is 4.93. The minimum Gasteiger partial charge on any atom is -0.490 e. The van der Waals surface area contributed by atoms with Crippen LogP contribution in [0, 0.1) is 13.8 Å². The van der Waals surface area contributed by atoms with Crippen LogP contribution in [0.1, 0.15) is 27.5 Å². The third-order valence-electron chi connectivity index (χ3n) is 4.73. The molecule has 0 aliphatic heterocycles. The monoisotopic (exact) mass is 396 g/mol. The molecule has 0 amide bonds. The molecule has 2 aromatic carbocycles. The quantitative estimate of drug-likeness (QED) is 0.503. The minimum atomic E-state index is -0.824. The second-order valence-electron chi connectivity index (χ2n) is 6.61. The Bertz CT molecular complexity index is 918. The number of para-hydroxylation sites is 1. The van der Waals surface area contributed by atoms with Gasteiger partial charge in [0.05, 0.1) is 5.92 Å². The van der Waals surface area contributed by atoms with Crippen molar-refractivity contribution in [3.8, 4) is 11.5 Å². The Morgan fingerprint density at radius 1 is 0.964 bits per heavy atom. The number of aliphatic carboxylic acids is 1. The van der Waals surface area contributed by atoms with Crippen molar-refractivity contribution in [3.05, 3.63) is 81.5 Å². The Morgan fingerprint density at radius 2 is 1.68 bits per heavy atom. The first-order chi connectivity index (χ1) is 13.6.